The fraction of sp³-hybridized carbons (Fsp3) is 0.375. The van der Waals surface area contributed by atoms with Gasteiger partial charge in [-0.25, -0.2) is 9.50 Å². The van der Waals surface area contributed by atoms with E-state index in [4.69, 9.17) is 0 Å². The van der Waals surface area contributed by atoms with Crippen LogP contribution in [0.2, 0.25) is 0 Å². The predicted molar refractivity (Wildman–Crippen MR) is 87.4 cm³/mol. The molecule has 0 aromatic carbocycles. The SMILES string of the molecule is Cc1cc2nc(C)c(CCC(=O)Nc3ccn(C)n3)c(C)n2n1. The van der Waals surface area contributed by atoms with Crippen LogP contribution in [0.4, 0.5) is 5.82 Å². The van der Waals surface area contributed by atoms with Gasteiger partial charge in [-0.15, -0.1) is 0 Å². The van der Waals surface area contributed by atoms with E-state index in [0.29, 0.717) is 18.7 Å². The van der Waals surface area contributed by atoms with Gasteiger partial charge in [-0.3, -0.25) is 9.48 Å². The molecule has 23 heavy (non-hydrogen) atoms. The Kier molecular flexibility index (Phi) is 3.85. The second-order valence-electron chi connectivity index (χ2n) is 5.74. The van der Waals surface area contributed by atoms with Crippen molar-refractivity contribution in [2.24, 2.45) is 7.05 Å². The Bertz CT molecular complexity index is 876. The van der Waals surface area contributed by atoms with E-state index < -0.39 is 0 Å². The zero-order valence-corrected chi connectivity index (χ0v) is 13.8. The molecule has 3 aromatic heterocycles. The van der Waals surface area contributed by atoms with Gasteiger partial charge in [0.25, 0.3) is 0 Å². The van der Waals surface area contributed by atoms with Gasteiger partial charge in [-0.1, -0.05) is 0 Å². The fourth-order valence-electron chi connectivity index (χ4n) is 2.73. The number of hydrogen-bond acceptors (Lipinski definition) is 4. The van der Waals surface area contributed by atoms with Gasteiger partial charge < -0.3 is 5.32 Å². The number of nitrogens with one attached hydrogen (secondary N) is 1. The number of hydrogen-bond donors (Lipinski definition) is 1. The first-order valence-corrected chi connectivity index (χ1v) is 7.56. The Hall–Kier alpha value is -2.70. The van der Waals surface area contributed by atoms with Crippen molar-refractivity contribution in [2.45, 2.75) is 33.6 Å². The number of carbonyl (C=O) groups excluding carboxylic acids is 1. The monoisotopic (exact) mass is 312 g/mol. The van der Waals surface area contributed by atoms with E-state index in [1.165, 1.54) is 0 Å². The maximum Gasteiger partial charge on any atom is 0.225 e. The summed E-state index contributed by atoms with van der Waals surface area (Å²) in [5.41, 5.74) is 4.83. The lowest BCUT2D eigenvalue weighted by Crippen LogP contribution is -2.14. The highest BCUT2D eigenvalue weighted by atomic mass is 16.1. The topological polar surface area (TPSA) is 77.1 Å². The molecule has 0 aliphatic carbocycles. The molecule has 3 heterocycles. The van der Waals surface area contributed by atoms with Gasteiger partial charge in [0.1, 0.15) is 0 Å². The molecule has 0 fully saturated rings. The van der Waals surface area contributed by atoms with Crippen LogP contribution in [0.1, 0.15) is 29.1 Å². The molecule has 0 bridgehead atoms. The van der Waals surface area contributed by atoms with Crippen LogP contribution in [0.25, 0.3) is 5.65 Å². The summed E-state index contributed by atoms with van der Waals surface area (Å²) in [6.07, 6.45) is 2.80. The minimum absolute atomic E-state index is 0.0563. The summed E-state index contributed by atoms with van der Waals surface area (Å²) in [5, 5.41) is 11.4. The summed E-state index contributed by atoms with van der Waals surface area (Å²) in [6.45, 7) is 5.94. The number of rotatable bonds is 4. The number of aryl methyl sites for hydroxylation is 4. The summed E-state index contributed by atoms with van der Waals surface area (Å²) >= 11 is 0. The van der Waals surface area contributed by atoms with Gasteiger partial charge in [0.2, 0.25) is 5.91 Å². The molecular formula is C16H20N6O. The van der Waals surface area contributed by atoms with Gasteiger partial charge in [0, 0.05) is 43.2 Å². The average molecular weight is 312 g/mol. The first-order valence-electron chi connectivity index (χ1n) is 7.56. The van der Waals surface area contributed by atoms with E-state index in [1.807, 2.05) is 38.4 Å². The van der Waals surface area contributed by atoms with E-state index in [9.17, 15) is 4.79 Å². The number of aromatic nitrogens is 5. The minimum atomic E-state index is -0.0563. The second-order valence-corrected chi connectivity index (χ2v) is 5.74. The van der Waals surface area contributed by atoms with Crippen LogP contribution in [0, 0.1) is 20.8 Å². The molecule has 0 spiro atoms. The molecule has 3 aromatic rings. The molecule has 0 aliphatic rings. The molecule has 7 nitrogen and oxygen atoms in total. The third-order valence-electron chi connectivity index (χ3n) is 3.87. The Balaban J connectivity index is 1.75. The van der Waals surface area contributed by atoms with E-state index in [1.54, 1.807) is 16.9 Å². The Morgan fingerprint density at radius 1 is 1.26 bits per heavy atom. The van der Waals surface area contributed by atoms with Crippen molar-refractivity contribution < 1.29 is 4.79 Å². The van der Waals surface area contributed by atoms with Crippen molar-refractivity contribution in [3.63, 3.8) is 0 Å². The highest BCUT2D eigenvalue weighted by molar-refractivity contribution is 5.89. The lowest BCUT2D eigenvalue weighted by molar-refractivity contribution is -0.116. The van der Waals surface area contributed by atoms with Gasteiger partial charge in [-0.2, -0.15) is 10.2 Å². The molecule has 0 atom stereocenters. The van der Waals surface area contributed by atoms with Crippen molar-refractivity contribution in [3.8, 4) is 0 Å². The predicted octanol–water partition coefficient (Wildman–Crippen LogP) is 1.96. The van der Waals surface area contributed by atoms with Crippen LogP contribution in [0.5, 0.6) is 0 Å². The number of fused-ring (bicyclic) bond motifs is 1. The smallest absolute Gasteiger partial charge is 0.225 e. The van der Waals surface area contributed by atoms with Crippen LogP contribution in [-0.4, -0.2) is 30.3 Å². The lowest BCUT2D eigenvalue weighted by atomic mass is 10.1. The maximum absolute atomic E-state index is 12.1. The second kappa shape index (κ2) is 5.83. The van der Waals surface area contributed by atoms with Gasteiger partial charge in [0.05, 0.1) is 5.69 Å². The lowest BCUT2D eigenvalue weighted by Gasteiger charge is -2.10. The summed E-state index contributed by atoms with van der Waals surface area (Å²) in [4.78, 5) is 16.7. The summed E-state index contributed by atoms with van der Waals surface area (Å²) in [7, 11) is 1.81. The van der Waals surface area contributed by atoms with E-state index in [-0.39, 0.29) is 5.91 Å². The average Bonchev–Trinajstić information content (AvgIpc) is 3.04. The molecule has 0 saturated carbocycles. The van der Waals surface area contributed by atoms with E-state index in [2.05, 4.69) is 20.5 Å². The molecule has 0 aliphatic heterocycles. The van der Waals surface area contributed by atoms with Crippen molar-refractivity contribution >= 4 is 17.4 Å². The van der Waals surface area contributed by atoms with Crippen molar-refractivity contribution in [1.82, 2.24) is 24.4 Å². The molecule has 0 unspecified atom stereocenters. The number of nitrogens with zero attached hydrogens (tertiary/aromatic N) is 5. The Morgan fingerprint density at radius 3 is 2.74 bits per heavy atom. The van der Waals surface area contributed by atoms with Crippen LogP contribution >= 0.6 is 0 Å². The van der Waals surface area contributed by atoms with Crippen molar-refractivity contribution in [3.05, 3.63) is 41.0 Å². The summed E-state index contributed by atoms with van der Waals surface area (Å²) < 4.78 is 3.50. The van der Waals surface area contributed by atoms with Gasteiger partial charge in [0.15, 0.2) is 11.5 Å². The number of anilines is 1. The van der Waals surface area contributed by atoms with Gasteiger partial charge >= 0.3 is 0 Å². The molecular weight excluding hydrogens is 292 g/mol. The van der Waals surface area contributed by atoms with Crippen molar-refractivity contribution in [2.75, 3.05) is 5.32 Å². The molecule has 120 valence electrons. The third-order valence-corrected chi connectivity index (χ3v) is 3.87. The zero-order valence-electron chi connectivity index (χ0n) is 13.8. The maximum atomic E-state index is 12.1. The normalized spacial score (nSPS) is 11.1. The molecule has 3 rings (SSSR count). The molecule has 0 saturated heterocycles. The van der Waals surface area contributed by atoms with Crippen LogP contribution in [0.15, 0.2) is 18.3 Å². The molecule has 7 heteroatoms. The first kappa shape index (κ1) is 15.2. The van der Waals surface area contributed by atoms with E-state index >= 15 is 0 Å². The fourth-order valence-corrected chi connectivity index (χ4v) is 2.73. The van der Waals surface area contributed by atoms with Gasteiger partial charge in [-0.05, 0) is 32.8 Å². The van der Waals surface area contributed by atoms with E-state index in [0.717, 1.165) is 28.3 Å². The quantitative estimate of drug-likeness (QED) is 0.799. The third kappa shape index (κ3) is 3.08. The molecule has 1 amide bonds. The minimum Gasteiger partial charge on any atom is -0.309 e. The Morgan fingerprint density at radius 2 is 2.04 bits per heavy atom. The first-order chi connectivity index (χ1) is 10.9. The van der Waals surface area contributed by atoms with Crippen molar-refractivity contribution in [1.29, 1.82) is 0 Å². The van der Waals surface area contributed by atoms with Crippen LogP contribution < -0.4 is 5.32 Å². The standard InChI is InChI=1S/C16H20N6O/c1-10-9-15-17-11(2)13(12(3)22(15)19-10)5-6-16(23)18-14-7-8-21(4)20-14/h7-9H,5-6H2,1-4H3,(H,18,20,23). The van der Waals surface area contributed by atoms with Crippen LogP contribution in [-0.2, 0) is 18.3 Å². The highest BCUT2D eigenvalue weighted by Gasteiger charge is 2.13. The summed E-state index contributed by atoms with van der Waals surface area (Å²) in [6, 6.07) is 3.73. The zero-order chi connectivity index (χ0) is 16.6. The highest BCUT2D eigenvalue weighted by Crippen LogP contribution is 2.17. The Labute approximate surface area is 134 Å². The number of amides is 1. The molecule has 0 radical (unpaired) electrons. The van der Waals surface area contributed by atoms with Crippen LogP contribution in [0.3, 0.4) is 0 Å². The summed E-state index contributed by atoms with van der Waals surface area (Å²) in [5.74, 6) is 0.515. The largest absolute Gasteiger partial charge is 0.309 e. The molecule has 1 N–H and O–H groups in total. The number of carbonyl (C=O) groups is 1.